The van der Waals surface area contributed by atoms with Crippen LogP contribution in [0.2, 0.25) is 0 Å². The summed E-state index contributed by atoms with van der Waals surface area (Å²) in [5.74, 6) is 0.748. The fraction of sp³-hybridized carbons (Fsp3) is 0.917. The molecule has 0 aromatic carbocycles. The quantitative estimate of drug-likeness (QED) is 0.707. The van der Waals surface area contributed by atoms with Crippen molar-refractivity contribution in [3.8, 4) is 0 Å². The van der Waals surface area contributed by atoms with E-state index in [-0.39, 0.29) is 11.9 Å². The molecule has 0 aromatic rings. The summed E-state index contributed by atoms with van der Waals surface area (Å²) >= 11 is 0. The molecule has 0 radical (unpaired) electrons. The maximum Gasteiger partial charge on any atom is 0.221 e. The minimum absolute atomic E-state index is 0.118. The van der Waals surface area contributed by atoms with Crippen LogP contribution in [0.3, 0.4) is 0 Å². The monoisotopic (exact) mass is 242 g/mol. The first-order valence-electron chi connectivity index (χ1n) is 6.50. The molecule has 5 heteroatoms. The molecule has 5 nitrogen and oxygen atoms in total. The lowest BCUT2D eigenvalue weighted by Gasteiger charge is -2.23. The third-order valence-corrected chi connectivity index (χ3v) is 3.33. The maximum atomic E-state index is 11.6. The zero-order valence-electron chi connectivity index (χ0n) is 10.2. The number of morpholine rings is 1. The highest BCUT2D eigenvalue weighted by Crippen LogP contribution is 2.15. The van der Waals surface area contributed by atoms with Crippen LogP contribution in [-0.4, -0.2) is 51.5 Å². The molecular weight excluding hydrogens is 220 g/mol. The fourth-order valence-corrected chi connectivity index (χ4v) is 2.27. The van der Waals surface area contributed by atoms with Crippen LogP contribution in [0, 0.1) is 5.92 Å². The molecule has 2 aliphatic rings. The molecule has 0 aliphatic carbocycles. The summed E-state index contributed by atoms with van der Waals surface area (Å²) in [6, 6.07) is 0.179. The molecule has 2 fully saturated rings. The smallest absolute Gasteiger partial charge is 0.221 e. The molecule has 2 saturated heterocycles. The molecule has 0 saturated carbocycles. The van der Waals surface area contributed by atoms with Crippen LogP contribution >= 0.6 is 0 Å². The Labute approximate surface area is 102 Å². The van der Waals surface area contributed by atoms with Crippen molar-refractivity contribution >= 4 is 5.91 Å². The Balaban J connectivity index is 1.53. The number of nitrogens with one attached hydrogen (secondary N) is 2. The Morgan fingerprint density at radius 3 is 2.88 bits per heavy atom. The van der Waals surface area contributed by atoms with Crippen molar-refractivity contribution in [2.45, 2.75) is 25.3 Å². The number of hydrogen-bond acceptors (Lipinski definition) is 4. The normalized spacial score (nSPS) is 29.2. The molecular formula is C12H22N2O3. The highest BCUT2D eigenvalue weighted by Gasteiger charge is 2.18. The van der Waals surface area contributed by atoms with Gasteiger partial charge in [-0.15, -0.1) is 0 Å². The second-order valence-electron chi connectivity index (χ2n) is 4.80. The van der Waals surface area contributed by atoms with Crippen molar-refractivity contribution < 1.29 is 14.3 Å². The molecule has 2 rings (SSSR count). The standard InChI is InChI=1S/C12H22N2O3/c15-12(7-11-9-17-6-4-13-11)14-3-1-10-2-5-16-8-10/h10-11,13H,1-9H2,(H,14,15). The summed E-state index contributed by atoms with van der Waals surface area (Å²) in [6.45, 7) is 4.73. The number of ether oxygens (including phenoxy) is 2. The Morgan fingerprint density at radius 2 is 2.18 bits per heavy atom. The van der Waals surface area contributed by atoms with Crippen molar-refractivity contribution in [2.75, 3.05) is 39.5 Å². The molecule has 2 unspecified atom stereocenters. The molecule has 1 amide bonds. The van der Waals surface area contributed by atoms with E-state index in [4.69, 9.17) is 9.47 Å². The van der Waals surface area contributed by atoms with E-state index in [2.05, 4.69) is 10.6 Å². The minimum atomic E-state index is 0.118. The van der Waals surface area contributed by atoms with Crippen LogP contribution in [-0.2, 0) is 14.3 Å². The van der Waals surface area contributed by atoms with Gasteiger partial charge < -0.3 is 20.1 Å². The van der Waals surface area contributed by atoms with Crippen molar-refractivity contribution in [1.82, 2.24) is 10.6 Å². The Hall–Kier alpha value is -0.650. The van der Waals surface area contributed by atoms with E-state index in [1.54, 1.807) is 0 Å². The molecule has 98 valence electrons. The largest absolute Gasteiger partial charge is 0.381 e. The zero-order valence-corrected chi connectivity index (χ0v) is 10.2. The van der Waals surface area contributed by atoms with Gasteiger partial charge in [0.15, 0.2) is 0 Å². The van der Waals surface area contributed by atoms with Gasteiger partial charge >= 0.3 is 0 Å². The average molecular weight is 242 g/mol. The summed E-state index contributed by atoms with van der Waals surface area (Å²) in [5.41, 5.74) is 0. The van der Waals surface area contributed by atoms with Gasteiger partial charge in [0.05, 0.1) is 13.2 Å². The van der Waals surface area contributed by atoms with E-state index in [1.807, 2.05) is 0 Å². The van der Waals surface area contributed by atoms with Crippen LogP contribution in [0.15, 0.2) is 0 Å². The van der Waals surface area contributed by atoms with E-state index in [9.17, 15) is 4.79 Å². The van der Waals surface area contributed by atoms with Gasteiger partial charge in [-0.1, -0.05) is 0 Å². The van der Waals surface area contributed by atoms with Crippen molar-refractivity contribution in [1.29, 1.82) is 0 Å². The number of amides is 1. The maximum absolute atomic E-state index is 11.6. The van der Waals surface area contributed by atoms with Gasteiger partial charge in [-0.2, -0.15) is 0 Å². The van der Waals surface area contributed by atoms with Crippen LogP contribution in [0.4, 0.5) is 0 Å². The highest BCUT2D eigenvalue weighted by molar-refractivity contribution is 5.76. The van der Waals surface area contributed by atoms with Gasteiger partial charge in [0.25, 0.3) is 0 Å². The van der Waals surface area contributed by atoms with Crippen LogP contribution in [0.5, 0.6) is 0 Å². The van der Waals surface area contributed by atoms with Crippen LogP contribution in [0.25, 0.3) is 0 Å². The average Bonchev–Trinajstić information content (AvgIpc) is 2.83. The number of hydrogen-bond donors (Lipinski definition) is 2. The van der Waals surface area contributed by atoms with Crippen molar-refractivity contribution in [2.24, 2.45) is 5.92 Å². The predicted molar refractivity (Wildman–Crippen MR) is 63.8 cm³/mol. The van der Waals surface area contributed by atoms with Gasteiger partial charge in [-0.05, 0) is 18.8 Å². The minimum Gasteiger partial charge on any atom is -0.381 e. The summed E-state index contributed by atoms with van der Waals surface area (Å²) < 4.78 is 10.6. The predicted octanol–water partition coefficient (Wildman–Crippen LogP) is -0.0923. The molecule has 2 atom stereocenters. The second-order valence-corrected chi connectivity index (χ2v) is 4.80. The Kier molecular flexibility index (Phi) is 5.22. The molecule has 2 aliphatic heterocycles. The lowest BCUT2D eigenvalue weighted by atomic mass is 10.1. The molecule has 0 aromatic heterocycles. The van der Waals surface area contributed by atoms with Gasteiger partial charge in [0.2, 0.25) is 5.91 Å². The third-order valence-electron chi connectivity index (χ3n) is 3.33. The van der Waals surface area contributed by atoms with E-state index >= 15 is 0 Å². The first-order valence-corrected chi connectivity index (χ1v) is 6.50. The molecule has 0 bridgehead atoms. The number of rotatable bonds is 5. The lowest BCUT2D eigenvalue weighted by Crippen LogP contribution is -2.44. The van der Waals surface area contributed by atoms with Crippen LogP contribution < -0.4 is 10.6 Å². The molecule has 0 spiro atoms. The third kappa shape index (κ3) is 4.61. The van der Waals surface area contributed by atoms with Crippen molar-refractivity contribution in [3.05, 3.63) is 0 Å². The second kappa shape index (κ2) is 6.93. The van der Waals surface area contributed by atoms with Crippen molar-refractivity contribution in [3.63, 3.8) is 0 Å². The SMILES string of the molecule is O=C(CC1COCCN1)NCCC1CCOC1. The number of carbonyl (C=O) groups excluding carboxylic acids is 1. The summed E-state index contributed by atoms with van der Waals surface area (Å²) in [7, 11) is 0. The van der Waals surface area contributed by atoms with Gasteiger partial charge in [-0.3, -0.25) is 4.79 Å². The van der Waals surface area contributed by atoms with E-state index in [0.29, 0.717) is 18.9 Å². The van der Waals surface area contributed by atoms with Gasteiger partial charge in [0.1, 0.15) is 0 Å². The lowest BCUT2D eigenvalue weighted by molar-refractivity contribution is -0.122. The molecule has 17 heavy (non-hydrogen) atoms. The van der Waals surface area contributed by atoms with Gasteiger partial charge in [-0.25, -0.2) is 0 Å². The molecule has 2 N–H and O–H groups in total. The van der Waals surface area contributed by atoms with Crippen LogP contribution in [0.1, 0.15) is 19.3 Å². The zero-order chi connectivity index (χ0) is 11.9. The van der Waals surface area contributed by atoms with E-state index in [0.717, 1.165) is 45.8 Å². The summed E-state index contributed by atoms with van der Waals surface area (Å²) in [6.07, 6.45) is 2.68. The first-order chi connectivity index (χ1) is 8.34. The molecule has 2 heterocycles. The van der Waals surface area contributed by atoms with Gasteiger partial charge in [0, 0.05) is 38.8 Å². The summed E-state index contributed by atoms with van der Waals surface area (Å²) in [4.78, 5) is 11.6. The Morgan fingerprint density at radius 1 is 1.29 bits per heavy atom. The Bertz CT molecular complexity index is 236. The van der Waals surface area contributed by atoms with E-state index in [1.165, 1.54) is 0 Å². The summed E-state index contributed by atoms with van der Waals surface area (Å²) in [5, 5.41) is 6.24. The number of carbonyl (C=O) groups is 1. The highest BCUT2D eigenvalue weighted by atomic mass is 16.5. The topological polar surface area (TPSA) is 59.6 Å². The fourth-order valence-electron chi connectivity index (χ4n) is 2.27. The first kappa shape index (κ1) is 12.8. The van der Waals surface area contributed by atoms with E-state index < -0.39 is 0 Å².